The molecule has 0 amide bonds. The van der Waals surface area contributed by atoms with E-state index in [0.717, 1.165) is 43.9 Å². The van der Waals surface area contributed by atoms with Crippen molar-refractivity contribution in [2.45, 2.75) is 32.2 Å². The maximum atomic E-state index is 5.97. The second kappa shape index (κ2) is 6.18. The number of aryl methyl sites for hydroxylation is 1. The second-order valence-electron chi connectivity index (χ2n) is 5.63. The Morgan fingerprint density at radius 2 is 2.05 bits per heavy atom. The van der Waals surface area contributed by atoms with Crippen LogP contribution in [0.15, 0.2) is 30.6 Å². The quantitative estimate of drug-likeness (QED) is 0.934. The molecule has 3 heterocycles. The van der Waals surface area contributed by atoms with E-state index in [0.29, 0.717) is 11.7 Å². The van der Waals surface area contributed by atoms with E-state index >= 15 is 0 Å². The van der Waals surface area contributed by atoms with Crippen LogP contribution in [0.25, 0.3) is 0 Å². The lowest BCUT2D eigenvalue weighted by Gasteiger charge is -2.31. The summed E-state index contributed by atoms with van der Waals surface area (Å²) in [5, 5.41) is 0. The molecule has 5 nitrogen and oxygen atoms in total. The van der Waals surface area contributed by atoms with Crippen molar-refractivity contribution in [1.82, 2.24) is 19.9 Å². The number of hydrogen-bond donors (Lipinski definition) is 1. The van der Waals surface area contributed by atoms with Crippen molar-refractivity contribution in [3.8, 4) is 0 Å². The normalized spacial score (nSPS) is 17.0. The molecule has 3 rings (SSSR count). The van der Waals surface area contributed by atoms with Crippen LogP contribution in [0.3, 0.4) is 0 Å². The summed E-state index contributed by atoms with van der Waals surface area (Å²) in [7, 11) is 0. The Labute approximate surface area is 125 Å². The van der Waals surface area contributed by atoms with Gasteiger partial charge in [0.05, 0.1) is 0 Å². The van der Waals surface area contributed by atoms with Crippen LogP contribution in [0.2, 0.25) is 0 Å². The zero-order chi connectivity index (χ0) is 14.7. The van der Waals surface area contributed by atoms with Gasteiger partial charge in [-0.3, -0.25) is 9.88 Å². The number of pyridine rings is 1. The highest BCUT2D eigenvalue weighted by atomic mass is 15.1. The van der Waals surface area contributed by atoms with E-state index in [1.165, 1.54) is 5.69 Å². The van der Waals surface area contributed by atoms with E-state index in [4.69, 9.17) is 5.73 Å². The first-order valence-corrected chi connectivity index (χ1v) is 7.43. The van der Waals surface area contributed by atoms with Gasteiger partial charge < -0.3 is 5.73 Å². The standard InChI is InChI=1S/C16H21N5/c1-12-19-10-14(16(17)20-12)11-21-8-5-13(6-9-21)15-4-2-3-7-18-15/h2-4,7,10,13H,5-6,8-9,11H2,1H3,(H2,17,19,20). The lowest BCUT2D eigenvalue weighted by atomic mass is 9.93. The van der Waals surface area contributed by atoms with Crippen LogP contribution in [-0.4, -0.2) is 32.9 Å². The van der Waals surface area contributed by atoms with Crippen LogP contribution < -0.4 is 5.73 Å². The van der Waals surface area contributed by atoms with Crippen molar-refractivity contribution in [3.05, 3.63) is 47.7 Å². The Kier molecular flexibility index (Phi) is 4.10. The number of hydrogen-bond acceptors (Lipinski definition) is 5. The molecule has 0 bridgehead atoms. The first-order valence-electron chi connectivity index (χ1n) is 7.43. The molecule has 0 atom stereocenters. The van der Waals surface area contributed by atoms with Gasteiger partial charge in [0, 0.05) is 36.1 Å². The Morgan fingerprint density at radius 1 is 1.24 bits per heavy atom. The third kappa shape index (κ3) is 3.36. The van der Waals surface area contributed by atoms with Crippen molar-refractivity contribution in [3.63, 3.8) is 0 Å². The molecule has 1 saturated heterocycles. The van der Waals surface area contributed by atoms with Crippen molar-refractivity contribution < 1.29 is 0 Å². The number of aromatic nitrogens is 3. The topological polar surface area (TPSA) is 67.9 Å². The van der Waals surface area contributed by atoms with Gasteiger partial charge in [0.15, 0.2) is 0 Å². The van der Waals surface area contributed by atoms with Gasteiger partial charge >= 0.3 is 0 Å². The molecule has 2 aromatic heterocycles. The zero-order valence-corrected chi connectivity index (χ0v) is 12.4. The summed E-state index contributed by atoms with van der Waals surface area (Å²) in [6.07, 6.45) is 6.02. The molecule has 0 spiro atoms. The summed E-state index contributed by atoms with van der Waals surface area (Å²) < 4.78 is 0. The van der Waals surface area contributed by atoms with E-state index in [-0.39, 0.29) is 0 Å². The Hall–Kier alpha value is -2.01. The molecule has 2 N–H and O–H groups in total. The number of nitrogen functional groups attached to an aromatic ring is 1. The second-order valence-corrected chi connectivity index (χ2v) is 5.63. The average Bonchev–Trinajstić information content (AvgIpc) is 2.52. The lowest BCUT2D eigenvalue weighted by Crippen LogP contribution is -2.33. The summed E-state index contributed by atoms with van der Waals surface area (Å²) in [6, 6.07) is 6.17. The van der Waals surface area contributed by atoms with Crippen LogP contribution in [0, 0.1) is 6.92 Å². The molecular weight excluding hydrogens is 262 g/mol. The number of nitrogens with two attached hydrogens (primary N) is 1. The predicted octanol–water partition coefficient (Wildman–Crippen LogP) is 2.14. The van der Waals surface area contributed by atoms with Crippen molar-refractivity contribution in [2.75, 3.05) is 18.8 Å². The maximum Gasteiger partial charge on any atom is 0.131 e. The lowest BCUT2D eigenvalue weighted by molar-refractivity contribution is 0.203. The van der Waals surface area contributed by atoms with Gasteiger partial charge in [-0.05, 0) is 45.0 Å². The number of piperidine rings is 1. The molecule has 2 aromatic rings. The fraction of sp³-hybridized carbons (Fsp3) is 0.438. The van der Waals surface area contributed by atoms with Gasteiger partial charge in [0.25, 0.3) is 0 Å². The first kappa shape index (κ1) is 13.9. The van der Waals surface area contributed by atoms with Crippen molar-refractivity contribution in [2.24, 2.45) is 0 Å². The first-order chi connectivity index (χ1) is 10.2. The predicted molar refractivity (Wildman–Crippen MR) is 82.7 cm³/mol. The smallest absolute Gasteiger partial charge is 0.131 e. The van der Waals surface area contributed by atoms with Crippen molar-refractivity contribution in [1.29, 1.82) is 0 Å². The third-order valence-corrected chi connectivity index (χ3v) is 4.11. The number of rotatable bonds is 3. The van der Waals surface area contributed by atoms with E-state index in [1.54, 1.807) is 0 Å². The fourth-order valence-corrected chi connectivity index (χ4v) is 2.88. The Balaban J connectivity index is 1.59. The van der Waals surface area contributed by atoms with E-state index in [2.05, 4.69) is 32.0 Å². The monoisotopic (exact) mass is 283 g/mol. The van der Waals surface area contributed by atoms with Gasteiger partial charge in [0.2, 0.25) is 0 Å². The molecule has 0 saturated carbocycles. The molecule has 110 valence electrons. The zero-order valence-electron chi connectivity index (χ0n) is 12.4. The number of likely N-dealkylation sites (tertiary alicyclic amines) is 1. The molecule has 0 unspecified atom stereocenters. The van der Waals surface area contributed by atoms with Gasteiger partial charge in [-0.2, -0.15) is 0 Å². The van der Waals surface area contributed by atoms with Crippen LogP contribution in [0.4, 0.5) is 5.82 Å². The van der Waals surface area contributed by atoms with E-state index < -0.39 is 0 Å². The van der Waals surface area contributed by atoms with Gasteiger partial charge in [0.1, 0.15) is 11.6 Å². The minimum Gasteiger partial charge on any atom is -0.383 e. The highest BCUT2D eigenvalue weighted by Crippen LogP contribution is 2.27. The summed E-state index contributed by atoms with van der Waals surface area (Å²) in [4.78, 5) is 15.4. The van der Waals surface area contributed by atoms with Gasteiger partial charge in [-0.1, -0.05) is 6.07 Å². The van der Waals surface area contributed by atoms with E-state index in [9.17, 15) is 0 Å². The molecule has 5 heteroatoms. The maximum absolute atomic E-state index is 5.97. The molecule has 21 heavy (non-hydrogen) atoms. The molecule has 0 aliphatic carbocycles. The SMILES string of the molecule is Cc1ncc(CN2CCC(c3ccccn3)CC2)c(N)n1. The summed E-state index contributed by atoms with van der Waals surface area (Å²) in [6.45, 7) is 4.82. The van der Waals surface area contributed by atoms with Crippen LogP contribution >= 0.6 is 0 Å². The average molecular weight is 283 g/mol. The Bertz CT molecular complexity index is 591. The van der Waals surface area contributed by atoms with Crippen LogP contribution in [0.5, 0.6) is 0 Å². The third-order valence-electron chi connectivity index (χ3n) is 4.11. The number of anilines is 1. The summed E-state index contributed by atoms with van der Waals surface area (Å²) in [5.74, 6) is 1.91. The largest absolute Gasteiger partial charge is 0.383 e. The molecular formula is C16H21N5. The Morgan fingerprint density at radius 3 is 2.71 bits per heavy atom. The van der Waals surface area contributed by atoms with Gasteiger partial charge in [-0.25, -0.2) is 9.97 Å². The van der Waals surface area contributed by atoms with Crippen LogP contribution in [-0.2, 0) is 6.54 Å². The van der Waals surface area contributed by atoms with Crippen LogP contribution in [0.1, 0.15) is 35.8 Å². The highest BCUT2D eigenvalue weighted by molar-refractivity contribution is 5.37. The molecule has 0 radical (unpaired) electrons. The fourth-order valence-electron chi connectivity index (χ4n) is 2.88. The summed E-state index contributed by atoms with van der Waals surface area (Å²) in [5.41, 5.74) is 8.21. The van der Waals surface area contributed by atoms with Crippen molar-refractivity contribution >= 4 is 5.82 Å². The highest BCUT2D eigenvalue weighted by Gasteiger charge is 2.21. The number of nitrogens with zero attached hydrogens (tertiary/aromatic N) is 4. The van der Waals surface area contributed by atoms with E-state index in [1.807, 2.05) is 25.4 Å². The minimum absolute atomic E-state index is 0.578. The summed E-state index contributed by atoms with van der Waals surface area (Å²) >= 11 is 0. The van der Waals surface area contributed by atoms with Gasteiger partial charge in [-0.15, -0.1) is 0 Å². The molecule has 1 aliphatic heterocycles. The molecule has 0 aromatic carbocycles. The minimum atomic E-state index is 0.578. The molecule has 1 fully saturated rings. The molecule has 1 aliphatic rings.